The zero-order chi connectivity index (χ0) is 24.4. The van der Waals surface area contributed by atoms with Crippen LogP contribution in [-0.2, 0) is 30.8 Å². The number of hydrogen-bond acceptors (Lipinski definition) is 6. The molecule has 1 fully saturated rings. The maximum atomic E-state index is 12.8. The van der Waals surface area contributed by atoms with Gasteiger partial charge in [-0.25, -0.2) is 4.98 Å². The highest BCUT2D eigenvalue weighted by Gasteiger charge is 2.28. The van der Waals surface area contributed by atoms with Gasteiger partial charge >= 0.3 is 5.97 Å². The normalized spacial score (nSPS) is 17.7. The van der Waals surface area contributed by atoms with E-state index in [1.54, 1.807) is 22.1 Å². The van der Waals surface area contributed by atoms with Crippen LogP contribution in [0, 0.1) is 5.92 Å². The van der Waals surface area contributed by atoms with Crippen molar-refractivity contribution in [2.24, 2.45) is 5.92 Å². The number of aromatic nitrogens is 2. The fraction of sp³-hybridized carbons (Fsp3) is 0.370. The summed E-state index contributed by atoms with van der Waals surface area (Å²) in [6, 6.07) is 9.80. The van der Waals surface area contributed by atoms with E-state index in [1.807, 2.05) is 11.4 Å². The van der Waals surface area contributed by atoms with Crippen LogP contribution in [0.5, 0.6) is 5.75 Å². The number of carbonyl (C=O) groups is 1. The molecule has 1 atom stereocenters. The number of fused-ring (bicyclic) bond motifs is 1. The zero-order valence-electron chi connectivity index (χ0n) is 19.8. The van der Waals surface area contributed by atoms with Gasteiger partial charge in [0.05, 0.1) is 11.6 Å². The second kappa shape index (κ2) is 10.2. The molecule has 0 radical (unpaired) electrons. The lowest BCUT2D eigenvalue weighted by Gasteiger charge is -2.21. The van der Waals surface area contributed by atoms with Gasteiger partial charge in [0.2, 0.25) is 0 Å². The molecule has 35 heavy (non-hydrogen) atoms. The summed E-state index contributed by atoms with van der Waals surface area (Å²) in [6.07, 6.45) is 7.13. The van der Waals surface area contributed by atoms with Crippen molar-refractivity contribution in [3.63, 3.8) is 0 Å². The van der Waals surface area contributed by atoms with E-state index in [-0.39, 0.29) is 11.5 Å². The molecule has 1 unspecified atom stereocenters. The van der Waals surface area contributed by atoms with Gasteiger partial charge in [0.15, 0.2) is 0 Å². The van der Waals surface area contributed by atoms with Crippen molar-refractivity contribution in [2.45, 2.75) is 45.8 Å². The monoisotopic (exact) mass is 491 g/mol. The summed E-state index contributed by atoms with van der Waals surface area (Å²) in [5.74, 6) is -0.405. The van der Waals surface area contributed by atoms with Crippen LogP contribution >= 0.6 is 11.3 Å². The zero-order valence-corrected chi connectivity index (χ0v) is 20.6. The molecule has 3 heterocycles. The number of aliphatic carboxylic acids is 1. The number of thiazole rings is 1. The fourth-order valence-electron chi connectivity index (χ4n) is 4.77. The number of rotatable bonds is 8. The molecule has 0 spiro atoms. The average molecular weight is 492 g/mol. The summed E-state index contributed by atoms with van der Waals surface area (Å²) < 4.78 is 7.49. The van der Waals surface area contributed by atoms with Gasteiger partial charge in [-0.3, -0.25) is 19.1 Å². The number of allylic oxidation sites excluding steroid dienone is 1. The molecule has 5 rings (SSSR count). The van der Waals surface area contributed by atoms with E-state index in [0.717, 1.165) is 60.7 Å². The van der Waals surface area contributed by atoms with Crippen LogP contribution < -0.4 is 10.3 Å². The molecule has 1 aliphatic carbocycles. The number of hydrogen-bond donors (Lipinski definition) is 1. The van der Waals surface area contributed by atoms with Gasteiger partial charge in [0.1, 0.15) is 17.4 Å². The van der Waals surface area contributed by atoms with Crippen LogP contribution in [0.4, 0.5) is 0 Å². The third-order valence-corrected chi connectivity index (χ3v) is 7.60. The number of pyridine rings is 1. The van der Waals surface area contributed by atoms with Crippen molar-refractivity contribution in [3.8, 4) is 5.75 Å². The standard InChI is InChI=1S/C27H29N3O4S/c1-2-22-17-35-25(28-22)16-34-24-8-10-30(26(31)13-24)23-6-5-19-11-18(3-4-20(19)12-23)14-29-9-7-21(15-29)27(32)33/h3-4,8,10-13,17,21H,2,5-7,9,14-16H2,1H3,(H,32,33). The highest BCUT2D eigenvalue weighted by atomic mass is 32.1. The van der Waals surface area contributed by atoms with Crippen LogP contribution in [0.25, 0.3) is 11.8 Å². The van der Waals surface area contributed by atoms with Crippen molar-refractivity contribution in [1.82, 2.24) is 14.5 Å². The molecular weight excluding hydrogens is 462 g/mol. The Kier molecular flexibility index (Phi) is 6.83. The van der Waals surface area contributed by atoms with Crippen molar-refractivity contribution in [2.75, 3.05) is 13.1 Å². The average Bonchev–Trinajstić information content (AvgIpc) is 3.52. The lowest BCUT2D eigenvalue weighted by Crippen LogP contribution is -2.23. The first kappa shape index (κ1) is 23.5. The number of carboxylic acid groups (broad SMARTS) is 1. The molecule has 0 bridgehead atoms. The third-order valence-electron chi connectivity index (χ3n) is 6.73. The molecule has 3 aromatic rings. The summed E-state index contributed by atoms with van der Waals surface area (Å²) >= 11 is 1.57. The summed E-state index contributed by atoms with van der Waals surface area (Å²) in [6.45, 7) is 4.65. The molecule has 182 valence electrons. The molecule has 7 nitrogen and oxygen atoms in total. The quantitative estimate of drug-likeness (QED) is 0.506. The Morgan fingerprint density at radius 3 is 2.89 bits per heavy atom. The first-order chi connectivity index (χ1) is 17.0. The Hall–Kier alpha value is -3.23. The molecule has 1 N–H and O–H groups in total. The summed E-state index contributed by atoms with van der Waals surface area (Å²) in [4.78, 5) is 30.7. The lowest BCUT2D eigenvalue weighted by molar-refractivity contribution is -0.141. The molecule has 1 saturated heterocycles. The van der Waals surface area contributed by atoms with Crippen LogP contribution in [0.3, 0.4) is 0 Å². The van der Waals surface area contributed by atoms with E-state index in [9.17, 15) is 14.7 Å². The van der Waals surface area contributed by atoms with Gasteiger partial charge in [-0.05, 0) is 61.1 Å². The first-order valence-electron chi connectivity index (χ1n) is 12.0. The first-order valence-corrected chi connectivity index (χ1v) is 12.9. The predicted molar refractivity (Wildman–Crippen MR) is 136 cm³/mol. The molecule has 2 aromatic heterocycles. The van der Waals surface area contributed by atoms with Crippen molar-refractivity contribution >= 4 is 29.1 Å². The number of aryl methyl sites for hydroxylation is 2. The fourth-order valence-corrected chi connectivity index (χ4v) is 5.55. The van der Waals surface area contributed by atoms with E-state index in [2.05, 4.69) is 41.1 Å². The van der Waals surface area contributed by atoms with E-state index < -0.39 is 5.97 Å². The maximum absolute atomic E-state index is 12.8. The van der Waals surface area contributed by atoms with Crippen molar-refractivity contribution < 1.29 is 14.6 Å². The number of carboxylic acids is 1. The Labute approximate surface area is 208 Å². The molecule has 0 amide bonds. The van der Waals surface area contributed by atoms with Gasteiger partial charge in [-0.1, -0.05) is 25.1 Å². The largest absolute Gasteiger partial charge is 0.486 e. The van der Waals surface area contributed by atoms with Crippen molar-refractivity contribution in [3.05, 3.63) is 79.7 Å². The van der Waals surface area contributed by atoms with Crippen LogP contribution in [0.2, 0.25) is 0 Å². The smallest absolute Gasteiger partial charge is 0.307 e. The molecule has 1 aliphatic heterocycles. The number of likely N-dealkylation sites (tertiary alicyclic amines) is 1. The number of nitrogens with zero attached hydrogens (tertiary/aromatic N) is 3. The molecule has 2 aliphatic rings. The second-order valence-corrected chi connectivity index (χ2v) is 10.1. The highest BCUT2D eigenvalue weighted by Crippen LogP contribution is 2.28. The molecule has 0 saturated carbocycles. The molecule has 8 heteroatoms. The van der Waals surface area contributed by atoms with Gasteiger partial charge in [-0.15, -0.1) is 11.3 Å². The predicted octanol–water partition coefficient (Wildman–Crippen LogP) is 4.30. The van der Waals surface area contributed by atoms with Gasteiger partial charge < -0.3 is 9.84 Å². The summed E-state index contributed by atoms with van der Waals surface area (Å²) in [7, 11) is 0. The summed E-state index contributed by atoms with van der Waals surface area (Å²) in [5, 5.41) is 12.2. The van der Waals surface area contributed by atoms with E-state index in [4.69, 9.17) is 4.74 Å². The van der Waals surface area contributed by atoms with Gasteiger partial charge in [-0.2, -0.15) is 0 Å². The highest BCUT2D eigenvalue weighted by molar-refractivity contribution is 7.09. The minimum absolute atomic E-state index is 0.107. The van der Waals surface area contributed by atoms with Gasteiger partial charge in [0.25, 0.3) is 5.56 Å². The number of benzene rings is 1. The van der Waals surface area contributed by atoms with Crippen LogP contribution in [0.15, 0.2) is 46.7 Å². The lowest BCUT2D eigenvalue weighted by atomic mass is 9.93. The summed E-state index contributed by atoms with van der Waals surface area (Å²) in [5.41, 5.74) is 5.52. The maximum Gasteiger partial charge on any atom is 0.307 e. The SMILES string of the molecule is CCc1csc(COc2ccn(C3=Cc4ccc(CN5CCC(C(=O)O)C5)cc4CC3)c(=O)c2)n1. The van der Waals surface area contributed by atoms with E-state index in [0.29, 0.717) is 18.9 Å². The number of ether oxygens (including phenoxy) is 1. The second-order valence-electron chi connectivity index (χ2n) is 9.17. The van der Waals surface area contributed by atoms with Crippen LogP contribution in [0.1, 0.15) is 47.2 Å². The van der Waals surface area contributed by atoms with E-state index in [1.165, 1.54) is 17.2 Å². The van der Waals surface area contributed by atoms with Crippen molar-refractivity contribution in [1.29, 1.82) is 0 Å². The minimum atomic E-state index is -0.699. The molecule has 1 aromatic carbocycles. The minimum Gasteiger partial charge on any atom is -0.486 e. The van der Waals surface area contributed by atoms with E-state index >= 15 is 0 Å². The van der Waals surface area contributed by atoms with Crippen LogP contribution in [-0.4, -0.2) is 38.6 Å². The van der Waals surface area contributed by atoms with Gasteiger partial charge in [0, 0.05) is 36.4 Å². The Morgan fingerprint density at radius 1 is 1.26 bits per heavy atom. The third kappa shape index (κ3) is 5.39. The Morgan fingerprint density at radius 2 is 2.14 bits per heavy atom. The molecular formula is C27H29N3O4S. The Bertz CT molecular complexity index is 1330. The Balaban J connectivity index is 1.25. The topological polar surface area (TPSA) is 84.7 Å².